The highest BCUT2D eigenvalue weighted by Crippen LogP contribution is 2.34. The Morgan fingerprint density at radius 1 is 1.38 bits per heavy atom. The van der Waals surface area contributed by atoms with Crippen molar-refractivity contribution < 1.29 is 14.2 Å². The van der Waals surface area contributed by atoms with Crippen molar-refractivity contribution in [1.29, 1.82) is 0 Å². The van der Waals surface area contributed by atoms with Gasteiger partial charge in [-0.15, -0.1) is 0 Å². The molecule has 0 saturated carbocycles. The molecule has 0 spiro atoms. The molecule has 1 aromatic heterocycles. The van der Waals surface area contributed by atoms with Gasteiger partial charge in [0.2, 0.25) is 0 Å². The van der Waals surface area contributed by atoms with Gasteiger partial charge >= 0.3 is 0 Å². The third-order valence-electron chi connectivity index (χ3n) is 4.04. The van der Waals surface area contributed by atoms with E-state index in [1.807, 2.05) is 30.5 Å². The minimum Gasteiger partial charge on any atom is -0.491 e. The van der Waals surface area contributed by atoms with Crippen LogP contribution in [0, 0.1) is 12.7 Å². The van der Waals surface area contributed by atoms with Crippen molar-refractivity contribution in [3.05, 3.63) is 47.0 Å². The van der Waals surface area contributed by atoms with Crippen LogP contribution in [0.1, 0.15) is 42.8 Å². The first-order valence-electron chi connectivity index (χ1n) is 7.43. The first kappa shape index (κ1) is 14.1. The summed E-state index contributed by atoms with van der Waals surface area (Å²) in [6.07, 6.45) is 2.27. The summed E-state index contributed by atoms with van der Waals surface area (Å²) in [5, 5.41) is 10.1. The van der Waals surface area contributed by atoms with E-state index >= 15 is 0 Å². The highest BCUT2D eigenvalue weighted by Gasteiger charge is 2.24. The Hall–Kier alpha value is -1.81. The lowest BCUT2D eigenvalue weighted by molar-refractivity contribution is 0.156. The predicted octanol–water partition coefficient (Wildman–Crippen LogP) is 3.69. The molecule has 1 aliphatic rings. The maximum atomic E-state index is 14.1. The zero-order valence-corrected chi connectivity index (χ0v) is 12.4. The topological polar surface area (TPSA) is 34.4 Å². The van der Waals surface area contributed by atoms with Gasteiger partial charge in [0.1, 0.15) is 0 Å². The van der Waals surface area contributed by atoms with Crippen LogP contribution in [-0.4, -0.2) is 16.3 Å². The minimum atomic E-state index is -0.402. The first-order chi connectivity index (χ1) is 10.1. The molecule has 0 aliphatic heterocycles. The summed E-state index contributed by atoms with van der Waals surface area (Å²) in [6.45, 7) is 4.26. The largest absolute Gasteiger partial charge is 0.491 e. The molecule has 112 valence electrons. The molecule has 21 heavy (non-hydrogen) atoms. The van der Waals surface area contributed by atoms with Crippen LogP contribution >= 0.6 is 0 Å². The van der Waals surface area contributed by atoms with E-state index in [9.17, 15) is 9.50 Å². The molecule has 0 amide bonds. The minimum absolute atomic E-state index is 0.278. The monoisotopic (exact) mass is 289 g/mol. The highest BCUT2D eigenvalue weighted by molar-refractivity contribution is 5.45. The Balaban J connectivity index is 2.07. The summed E-state index contributed by atoms with van der Waals surface area (Å²) in [6, 6.07) is 7.04. The number of rotatable bonds is 3. The van der Waals surface area contributed by atoms with Gasteiger partial charge in [-0.25, -0.2) is 4.39 Å². The fraction of sp³-hybridized carbons (Fsp3) is 0.412. The Bertz CT molecular complexity index is 663. The van der Waals surface area contributed by atoms with Crippen molar-refractivity contribution in [3.8, 4) is 11.4 Å². The van der Waals surface area contributed by atoms with Crippen LogP contribution in [0.25, 0.3) is 5.69 Å². The standard InChI is InChI=1S/C17H20FNO2/c1-3-21-17-8-7-12(10-14(17)18)19-11(2)9-13-15(19)5-4-6-16(13)20/h7-10,16,20H,3-6H2,1-2H3. The van der Waals surface area contributed by atoms with Crippen molar-refractivity contribution in [2.45, 2.75) is 39.2 Å². The van der Waals surface area contributed by atoms with Crippen LogP contribution in [0.15, 0.2) is 24.3 Å². The molecule has 4 heteroatoms. The van der Waals surface area contributed by atoms with Gasteiger partial charge in [-0.1, -0.05) is 0 Å². The maximum absolute atomic E-state index is 14.1. The summed E-state index contributed by atoms with van der Waals surface area (Å²) >= 11 is 0. The lowest BCUT2D eigenvalue weighted by Gasteiger charge is -2.20. The third-order valence-corrected chi connectivity index (χ3v) is 4.04. The number of aryl methyl sites for hydroxylation is 1. The van der Waals surface area contributed by atoms with Crippen LogP contribution in [-0.2, 0) is 6.42 Å². The smallest absolute Gasteiger partial charge is 0.167 e. The van der Waals surface area contributed by atoms with E-state index < -0.39 is 6.10 Å². The zero-order valence-electron chi connectivity index (χ0n) is 12.4. The number of hydrogen-bond acceptors (Lipinski definition) is 2. The molecule has 1 unspecified atom stereocenters. The average Bonchev–Trinajstić information content (AvgIpc) is 2.79. The van der Waals surface area contributed by atoms with E-state index in [-0.39, 0.29) is 11.6 Å². The number of fused-ring (bicyclic) bond motifs is 1. The molecule has 1 N–H and O–H groups in total. The molecule has 0 fully saturated rings. The molecule has 1 aromatic carbocycles. The molecule has 2 aromatic rings. The molecule has 0 bridgehead atoms. The van der Waals surface area contributed by atoms with Crippen molar-refractivity contribution in [2.75, 3.05) is 6.61 Å². The summed E-state index contributed by atoms with van der Waals surface area (Å²) in [7, 11) is 0. The van der Waals surface area contributed by atoms with Gasteiger partial charge in [0.15, 0.2) is 11.6 Å². The van der Waals surface area contributed by atoms with Crippen molar-refractivity contribution >= 4 is 0 Å². The zero-order chi connectivity index (χ0) is 15.0. The fourth-order valence-electron chi connectivity index (χ4n) is 3.14. The number of aliphatic hydroxyl groups excluding tert-OH is 1. The molecule has 0 radical (unpaired) electrons. The van der Waals surface area contributed by atoms with Gasteiger partial charge in [0.05, 0.1) is 12.7 Å². The Kier molecular flexibility index (Phi) is 3.72. The van der Waals surface area contributed by atoms with Crippen molar-refractivity contribution in [1.82, 2.24) is 4.57 Å². The normalized spacial score (nSPS) is 17.6. The van der Waals surface area contributed by atoms with Crippen LogP contribution in [0.5, 0.6) is 5.75 Å². The number of hydrogen-bond donors (Lipinski definition) is 1. The van der Waals surface area contributed by atoms with Gasteiger partial charge in [-0.2, -0.15) is 0 Å². The summed E-state index contributed by atoms with van der Waals surface area (Å²) in [5.74, 6) is -0.0764. The second-order valence-corrected chi connectivity index (χ2v) is 5.48. The summed E-state index contributed by atoms with van der Waals surface area (Å²) in [5.41, 5.74) is 3.87. The lowest BCUT2D eigenvalue weighted by atomic mass is 9.95. The number of nitrogens with zero attached hydrogens (tertiary/aromatic N) is 1. The van der Waals surface area contributed by atoms with E-state index in [2.05, 4.69) is 0 Å². The molecule has 0 saturated heterocycles. The predicted molar refractivity (Wildman–Crippen MR) is 79.5 cm³/mol. The number of halogens is 1. The van der Waals surface area contributed by atoms with Crippen molar-refractivity contribution in [3.63, 3.8) is 0 Å². The van der Waals surface area contributed by atoms with Crippen LogP contribution < -0.4 is 4.74 Å². The fourth-order valence-corrected chi connectivity index (χ4v) is 3.14. The molecule has 3 nitrogen and oxygen atoms in total. The second kappa shape index (κ2) is 5.53. The van der Waals surface area contributed by atoms with Crippen LogP contribution in [0.2, 0.25) is 0 Å². The van der Waals surface area contributed by atoms with E-state index in [1.165, 1.54) is 6.07 Å². The van der Waals surface area contributed by atoms with Gasteiger partial charge in [-0.3, -0.25) is 0 Å². The van der Waals surface area contributed by atoms with Crippen molar-refractivity contribution in [2.24, 2.45) is 0 Å². The Morgan fingerprint density at radius 3 is 2.90 bits per heavy atom. The number of aliphatic hydroxyl groups is 1. The lowest BCUT2D eigenvalue weighted by Crippen LogP contribution is -2.11. The number of ether oxygens (including phenoxy) is 1. The number of benzene rings is 1. The number of aromatic nitrogens is 1. The van der Waals surface area contributed by atoms with E-state index in [0.29, 0.717) is 6.61 Å². The molecular formula is C17H20FNO2. The molecule has 1 atom stereocenters. The molecule has 3 rings (SSSR count). The second-order valence-electron chi connectivity index (χ2n) is 5.48. The van der Waals surface area contributed by atoms with Gasteiger partial charge in [0, 0.05) is 28.7 Å². The average molecular weight is 289 g/mol. The summed E-state index contributed by atoms with van der Waals surface area (Å²) < 4.78 is 21.4. The van der Waals surface area contributed by atoms with Crippen LogP contribution in [0.3, 0.4) is 0 Å². The SMILES string of the molecule is CCOc1ccc(-n2c(C)cc3c2CCCC3O)cc1F. The first-order valence-corrected chi connectivity index (χ1v) is 7.43. The Morgan fingerprint density at radius 2 is 2.19 bits per heavy atom. The molecule has 1 aliphatic carbocycles. The molecular weight excluding hydrogens is 269 g/mol. The van der Waals surface area contributed by atoms with Gasteiger partial charge in [0.25, 0.3) is 0 Å². The van der Waals surface area contributed by atoms with E-state index in [0.717, 1.165) is 41.9 Å². The van der Waals surface area contributed by atoms with E-state index in [1.54, 1.807) is 6.07 Å². The molecule has 1 heterocycles. The summed E-state index contributed by atoms with van der Waals surface area (Å²) in [4.78, 5) is 0. The maximum Gasteiger partial charge on any atom is 0.167 e. The van der Waals surface area contributed by atoms with Gasteiger partial charge < -0.3 is 14.4 Å². The van der Waals surface area contributed by atoms with E-state index in [4.69, 9.17) is 4.74 Å². The Labute approximate surface area is 124 Å². The third kappa shape index (κ3) is 2.44. The van der Waals surface area contributed by atoms with Crippen LogP contribution in [0.4, 0.5) is 4.39 Å². The van der Waals surface area contributed by atoms with Gasteiger partial charge in [-0.05, 0) is 51.3 Å². The quantitative estimate of drug-likeness (QED) is 0.935. The highest BCUT2D eigenvalue weighted by atomic mass is 19.1.